The SMILES string of the molecule is N=NC(=NN)C1CCN(c2nc(CCC(F)(F)F)cnc2-c2cc(F)c3occc3c2)CC1. The van der Waals surface area contributed by atoms with Crippen LogP contribution in [0.3, 0.4) is 0 Å². The number of fused-ring (bicyclic) bond motifs is 1. The minimum Gasteiger partial charge on any atom is -0.461 e. The first-order chi connectivity index (χ1) is 15.8. The van der Waals surface area contributed by atoms with Gasteiger partial charge in [0.2, 0.25) is 0 Å². The molecule has 3 aromatic rings. The van der Waals surface area contributed by atoms with E-state index in [1.54, 1.807) is 12.1 Å². The van der Waals surface area contributed by atoms with Crippen molar-refractivity contribution in [3.63, 3.8) is 0 Å². The van der Waals surface area contributed by atoms with Crippen LogP contribution < -0.4 is 10.7 Å². The van der Waals surface area contributed by atoms with E-state index >= 15 is 0 Å². The Hall–Kier alpha value is -3.57. The number of hydrogen-bond acceptors (Lipinski definition) is 7. The van der Waals surface area contributed by atoms with Gasteiger partial charge in [-0.25, -0.2) is 14.9 Å². The van der Waals surface area contributed by atoms with Gasteiger partial charge < -0.3 is 15.2 Å². The molecule has 4 rings (SSSR count). The van der Waals surface area contributed by atoms with E-state index in [0.717, 1.165) is 0 Å². The topological polar surface area (TPSA) is 117 Å². The Morgan fingerprint density at radius 3 is 2.70 bits per heavy atom. The molecule has 0 bridgehead atoms. The summed E-state index contributed by atoms with van der Waals surface area (Å²) < 4.78 is 57.9. The van der Waals surface area contributed by atoms with Gasteiger partial charge in [0.1, 0.15) is 5.69 Å². The number of amidine groups is 1. The number of hydrogen-bond donors (Lipinski definition) is 2. The maximum Gasteiger partial charge on any atom is 0.389 e. The number of rotatable bonds is 5. The molecule has 0 atom stereocenters. The Morgan fingerprint density at radius 2 is 2.03 bits per heavy atom. The molecule has 1 aliphatic rings. The van der Waals surface area contributed by atoms with Gasteiger partial charge in [-0.15, -0.1) is 5.11 Å². The molecule has 0 aliphatic carbocycles. The largest absolute Gasteiger partial charge is 0.461 e. The second kappa shape index (κ2) is 9.12. The number of benzene rings is 1. The van der Waals surface area contributed by atoms with Crippen molar-refractivity contribution in [1.82, 2.24) is 9.97 Å². The summed E-state index contributed by atoms with van der Waals surface area (Å²) in [5.41, 5.74) is 8.32. The number of aryl methyl sites for hydroxylation is 1. The lowest BCUT2D eigenvalue weighted by Crippen LogP contribution is -2.37. The molecule has 12 heteroatoms. The molecule has 3 heterocycles. The zero-order valence-corrected chi connectivity index (χ0v) is 17.4. The van der Waals surface area contributed by atoms with Crippen LogP contribution in [0.5, 0.6) is 0 Å². The maximum atomic E-state index is 14.6. The Balaban J connectivity index is 1.69. The number of furan rings is 1. The fraction of sp³-hybridized carbons (Fsp3) is 0.381. The van der Waals surface area contributed by atoms with E-state index in [9.17, 15) is 17.6 Å². The quantitative estimate of drug-likeness (QED) is 0.137. The van der Waals surface area contributed by atoms with Crippen LogP contribution in [0.1, 0.15) is 25.0 Å². The molecular formula is C21H21F4N7O. The van der Waals surface area contributed by atoms with Gasteiger partial charge in [-0.1, -0.05) is 0 Å². The minimum atomic E-state index is -4.31. The second-order valence-electron chi connectivity index (χ2n) is 7.81. The van der Waals surface area contributed by atoms with E-state index in [-0.39, 0.29) is 29.5 Å². The highest BCUT2D eigenvalue weighted by Crippen LogP contribution is 2.34. The number of piperidine rings is 1. The number of hydrazone groups is 1. The predicted octanol–water partition coefficient (Wildman–Crippen LogP) is 5.04. The molecule has 0 amide bonds. The highest BCUT2D eigenvalue weighted by atomic mass is 19.4. The third-order valence-corrected chi connectivity index (χ3v) is 5.65. The van der Waals surface area contributed by atoms with Gasteiger partial charge in [0.15, 0.2) is 23.1 Å². The second-order valence-corrected chi connectivity index (χ2v) is 7.81. The van der Waals surface area contributed by atoms with E-state index in [1.807, 2.05) is 4.90 Å². The van der Waals surface area contributed by atoms with E-state index in [4.69, 9.17) is 15.8 Å². The lowest BCUT2D eigenvalue weighted by molar-refractivity contribution is -0.134. The zero-order valence-electron chi connectivity index (χ0n) is 17.4. The number of nitrogens with zero attached hydrogens (tertiary/aromatic N) is 5. The first-order valence-corrected chi connectivity index (χ1v) is 10.3. The summed E-state index contributed by atoms with van der Waals surface area (Å²) in [6.45, 7) is 0.945. The molecule has 0 spiro atoms. The van der Waals surface area contributed by atoms with Crippen molar-refractivity contribution in [1.29, 1.82) is 5.53 Å². The van der Waals surface area contributed by atoms with Crippen LogP contribution >= 0.6 is 0 Å². The van der Waals surface area contributed by atoms with Gasteiger partial charge in [0, 0.05) is 42.6 Å². The van der Waals surface area contributed by atoms with Gasteiger partial charge in [-0.3, -0.25) is 4.98 Å². The predicted molar refractivity (Wildman–Crippen MR) is 113 cm³/mol. The normalized spacial score (nSPS) is 15.9. The third-order valence-electron chi connectivity index (χ3n) is 5.65. The highest BCUT2D eigenvalue weighted by molar-refractivity contribution is 5.86. The summed E-state index contributed by atoms with van der Waals surface area (Å²) in [5, 5.41) is 7.45. The minimum absolute atomic E-state index is 0.103. The molecule has 3 N–H and O–H groups in total. The molecule has 1 fully saturated rings. The van der Waals surface area contributed by atoms with Crippen LogP contribution in [0, 0.1) is 17.3 Å². The molecule has 1 aromatic carbocycles. The van der Waals surface area contributed by atoms with Crippen molar-refractivity contribution >= 4 is 22.6 Å². The van der Waals surface area contributed by atoms with E-state index in [1.165, 1.54) is 18.5 Å². The Kier molecular flexibility index (Phi) is 6.25. The molecule has 2 aromatic heterocycles. The fourth-order valence-corrected chi connectivity index (χ4v) is 3.98. The van der Waals surface area contributed by atoms with Crippen molar-refractivity contribution in [3.8, 4) is 11.3 Å². The van der Waals surface area contributed by atoms with Crippen molar-refractivity contribution in [2.75, 3.05) is 18.0 Å². The maximum absolute atomic E-state index is 14.6. The molecule has 0 unspecified atom stereocenters. The lowest BCUT2D eigenvalue weighted by Gasteiger charge is -2.33. The van der Waals surface area contributed by atoms with Gasteiger partial charge in [0.25, 0.3) is 0 Å². The van der Waals surface area contributed by atoms with Crippen LogP contribution in [0.25, 0.3) is 22.2 Å². The zero-order chi connectivity index (χ0) is 23.6. The van der Waals surface area contributed by atoms with Crippen molar-refractivity contribution in [2.24, 2.45) is 22.0 Å². The number of aromatic nitrogens is 2. The summed E-state index contributed by atoms with van der Waals surface area (Å²) in [4.78, 5) is 10.8. The number of alkyl halides is 3. The molecular weight excluding hydrogens is 442 g/mol. The summed E-state index contributed by atoms with van der Waals surface area (Å²) in [7, 11) is 0. The summed E-state index contributed by atoms with van der Waals surface area (Å²) >= 11 is 0. The Bertz CT molecular complexity index is 1180. The molecule has 33 heavy (non-hydrogen) atoms. The third kappa shape index (κ3) is 4.94. The summed E-state index contributed by atoms with van der Waals surface area (Å²) in [5.74, 6) is 5.25. The summed E-state index contributed by atoms with van der Waals surface area (Å²) in [6.07, 6.45) is -1.82. The average Bonchev–Trinajstić information content (AvgIpc) is 3.28. The van der Waals surface area contributed by atoms with Gasteiger partial charge in [-0.2, -0.15) is 18.3 Å². The average molecular weight is 463 g/mol. The first kappa shape index (κ1) is 22.6. The Labute approximate surface area is 186 Å². The van der Waals surface area contributed by atoms with Crippen molar-refractivity contribution < 1.29 is 22.0 Å². The van der Waals surface area contributed by atoms with E-state index in [2.05, 4.69) is 20.2 Å². The lowest BCUT2D eigenvalue weighted by atomic mass is 9.95. The van der Waals surface area contributed by atoms with E-state index in [0.29, 0.717) is 48.4 Å². The van der Waals surface area contributed by atoms with Gasteiger partial charge in [0.05, 0.1) is 12.0 Å². The molecule has 8 nitrogen and oxygen atoms in total. The number of nitrogens with two attached hydrogens (primary N) is 1. The number of nitrogens with one attached hydrogen (secondary N) is 1. The van der Waals surface area contributed by atoms with Crippen LogP contribution in [0.4, 0.5) is 23.4 Å². The molecule has 1 saturated heterocycles. The highest BCUT2D eigenvalue weighted by Gasteiger charge is 2.29. The van der Waals surface area contributed by atoms with Gasteiger partial charge >= 0.3 is 6.18 Å². The van der Waals surface area contributed by atoms with Crippen molar-refractivity contribution in [3.05, 3.63) is 42.2 Å². The monoisotopic (exact) mass is 463 g/mol. The van der Waals surface area contributed by atoms with Crippen LogP contribution in [0.2, 0.25) is 0 Å². The van der Waals surface area contributed by atoms with Crippen molar-refractivity contribution in [2.45, 2.75) is 31.9 Å². The van der Waals surface area contributed by atoms with E-state index < -0.39 is 18.4 Å². The molecule has 0 radical (unpaired) electrons. The smallest absolute Gasteiger partial charge is 0.389 e. The standard InChI is InChI=1S/C21H21F4N7O/c22-16-10-14(9-13-4-8-33-18(13)16)17-20(29-15(11-28-17)1-5-21(23,24)25)32-6-2-12(3-7-32)19(30-26)31-27/h4,8-12,26H,1-3,5-7,27H2. The summed E-state index contributed by atoms with van der Waals surface area (Å²) in [6, 6.07) is 4.60. The number of halogens is 4. The van der Waals surface area contributed by atoms with Crippen LogP contribution in [-0.4, -0.2) is 35.1 Å². The molecule has 174 valence electrons. The fourth-order valence-electron chi connectivity index (χ4n) is 3.98. The molecule has 0 saturated carbocycles. The van der Waals surface area contributed by atoms with Gasteiger partial charge in [-0.05, 0) is 37.5 Å². The first-order valence-electron chi connectivity index (χ1n) is 10.3. The Morgan fingerprint density at radius 1 is 1.27 bits per heavy atom. The van der Waals surface area contributed by atoms with Crippen LogP contribution in [0.15, 0.2) is 45.3 Å². The molecule has 1 aliphatic heterocycles. The number of anilines is 1. The van der Waals surface area contributed by atoms with Crippen LogP contribution in [-0.2, 0) is 6.42 Å².